The third-order valence-corrected chi connectivity index (χ3v) is 6.11. The molecule has 2 aromatic carbocycles. The highest BCUT2D eigenvalue weighted by Gasteiger charge is 2.21. The Bertz CT molecular complexity index is 977. The second-order valence-corrected chi connectivity index (χ2v) is 8.63. The lowest BCUT2D eigenvalue weighted by Gasteiger charge is -2.30. The van der Waals surface area contributed by atoms with Gasteiger partial charge in [-0.25, -0.2) is 0 Å². The van der Waals surface area contributed by atoms with E-state index in [2.05, 4.69) is 10.0 Å². The summed E-state index contributed by atoms with van der Waals surface area (Å²) in [6.07, 6.45) is 3.60. The average Bonchev–Trinajstić information content (AvgIpc) is 2.67. The lowest BCUT2D eigenvalue weighted by Crippen LogP contribution is -2.34. The molecule has 1 saturated heterocycles. The predicted octanol–water partition coefficient (Wildman–Crippen LogP) is 2.76. The smallest absolute Gasteiger partial charge is 0.341 e. The van der Waals surface area contributed by atoms with E-state index in [0.717, 1.165) is 31.5 Å². The Hall–Kier alpha value is -2.65. The number of aryl methyl sites for hydroxylation is 1. The van der Waals surface area contributed by atoms with Crippen LogP contribution in [0.4, 0.5) is 5.69 Å². The van der Waals surface area contributed by atoms with Crippen LogP contribution in [0.1, 0.15) is 18.4 Å². The first-order valence-corrected chi connectivity index (χ1v) is 10.8. The summed E-state index contributed by atoms with van der Waals surface area (Å²) >= 11 is 0. The number of hydrogen-bond acceptors (Lipinski definition) is 7. The van der Waals surface area contributed by atoms with Crippen LogP contribution in [0.15, 0.2) is 52.5 Å². The van der Waals surface area contributed by atoms with E-state index >= 15 is 0 Å². The minimum Gasteiger partial charge on any atom is -0.493 e. The minimum atomic E-state index is -4.03. The number of nitrogen functional groups attached to an aromatic ring is 1. The molecule has 0 unspecified atom stereocenters. The quantitative estimate of drug-likeness (QED) is 0.165. The molecule has 2 aromatic rings. The zero-order valence-corrected chi connectivity index (χ0v) is 18.4. The fraction of sp³-hybridized carbons (Fsp3) is 0.350. The van der Waals surface area contributed by atoms with Crippen molar-refractivity contribution >= 4 is 34.6 Å². The molecule has 3 rings (SSSR count). The molecular formula is C20H27ClN4O4S. The molecule has 1 aliphatic heterocycles. The van der Waals surface area contributed by atoms with Gasteiger partial charge >= 0.3 is 10.1 Å². The fourth-order valence-electron chi connectivity index (χ4n) is 3.27. The summed E-state index contributed by atoms with van der Waals surface area (Å²) in [5.41, 5.74) is 6.75. The molecule has 0 aliphatic carbocycles. The molecule has 1 heterocycles. The van der Waals surface area contributed by atoms with E-state index in [0.29, 0.717) is 18.3 Å². The zero-order chi connectivity index (χ0) is 20.9. The topological polar surface area (TPSA) is 120 Å². The highest BCUT2D eigenvalue weighted by molar-refractivity contribution is 7.87. The van der Waals surface area contributed by atoms with Crippen molar-refractivity contribution in [1.82, 2.24) is 4.90 Å². The SMILES string of the molecule is Cc1cc(OCC2CCN(C=NN)CC2)cc(OS(=O)(=O)c2ccccc2N)c1.Cl. The zero-order valence-electron chi connectivity index (χ0n) is 16.7. The summed E-state index contributed by atoms with van der Waals surface area (Å²) in [4.78, 5) is 2.02. The summed E-state index contributed by atoms with van der Waals surface area (Å²) in [7, 11) is -4.03. The molecule has 164 valence electrons. The van der Waals surface area contributed by atoms with Gasteiger partial charge in [-0.2, -0.15) is 13.5 Å². The van der Waals surface area contributed by atoms with Crippen LogP contribution in [0, 0.1) is 12.8 Å². The number of likely N-dealkylation sites (tertiary alicyclic amines) is 1. The molecule has 8 nitrogen and oxygen atoms in total. The van der Waals surface area contributed by atoms with E-state index in [4.69, 9.17) is 20.5 Å². The van der Waals surface area contributed by atoms with Gasteiger partial charge in [0, 0.05) is 19.2 Å². The van der Waals surface area contributed by atoms with Crippen LogP contribution < -0.4 is 20.5 Å². The number of rotatable bonds is 7. The Morgan fingerprint density at radius 3 is 2.50 bits per heavy atom. The number of nitrogens with zero attached hydrogens (tertiary/aromatic N) is 2. The highest BCUT2D eigenvalue weighted by Crippen LogP contribution is 2.28. The second kappa shape index (κ2) is 10.4. The van der Waals surface area contributed by atoms with E-state index in [9.17, 15) is 8.42 Å². The minimum absolute atomic E-state index is 0. The van der Waals surface area contributed by atoms with Crippen LogP contribution >= 0.6 is 12.4 Å². The Labute approximate surface area is 183 Å². The number of benzene rings is 2. The maximum absolute atomic E-state index is 12.6. The lowest BCUT2D eigenvalue weighted by molar-refractivity contribution is 0.183. The summed E-state index contributed by atoms with van der Waals surface area (Å²) in [6.45, 7) is 4.17. The van der Waals surface area contributed by atoms with Gasteiger partial charge in [-0.3, -0.25) is 0 Å². The highest BCUT2D eigenvalue weighted by atomic mass is 35.5. The number of hydrazone groups is 1. The number of hydrogen-bond donors (Lipinski definition) is 2. The molecule has 0 atom stereocenters. The molecule has 1 aliphatic rings. The fourth-order valence-corrected chi connectivity index (χ4v) is 4.31. The summed E-state index contributed by atoms with van der Waals surface area (Å²) in [6, 6.07) is 11.3. The molecule has 1 fully saturated rings. The van der Waals surface area contributed by atoms with Crippen LogP contribution in [0.5, 0.6) is 11.5 Å². The Morgan fingerprint density at radius 2 is 1.83 bits per heavy atom. The largest absolute Gasteiger partial charge is 0.493 e. The van der Waals surface area contributed by atoms with Crippen LogP contribution in [0.3, 0.4) is 0 Å². The molecule has 0 radical (unpaired) electrons. The molecule has 30 heavy (non-hydrogen) atoms. The van der Waals surface area contributed by atoms with Crippen LogP contribution in [0.2, 0.25) is 0 Å². The van der Waals surface area contributed by atoms with Crippen molar-refractivity contribution in [3.8, 4) is 11.5 Å². The van der Waals surface area contributed by atoms with Gasteiger partial charge in [0.1, 0.15) is 22.7 Å². The summed E-state index contributed by atoms with van der Waals surface area (Å²) in [5.74, 6) is 6.36. The molecule has 4 N–H and O–H groups in total. The molecule has 0 bridgehead atoms. The average molecular weight is 455 g/mol. The van der Waals surface area contributed by atoms with Crippen molar-refractivity contribution in [3.05, 3.63) is 48.0 Å². The van der Waals surface area contributed by atoms with Crippen molar-refractivity contribution < 1.29 is 17.3 Å². The molecule has 0 aromatic heterocycles. The van der Waals surface area contributed by atoms with Crippen LogP contribution in [-0.2, 0) is 10.1 Å². The third-order valence-electron chi connectivity index (χ3n) is 4.78. The standard InChI is InChI=1S/C20H26N4O4S.ClH/c1-15-10-17(27-13-16-6-8-24(9-7-16)14-23-22)12-18(11-15)28-29(25,26)20-5-3-2-4-19(20)21;/h2-5,10-12,14,16H,6-9,13,21-22H2,1H3;1H. The third kappa shape index (κ3) is 6.17. The van der Waals surface area contributed by atoms with Crippen molar-refractivity contribution in [2.45, 2.75) is 24.7 Å². The van der Waals surface area contributed by atoms with E-state index < -0.39 is 10.1 Å². The number of ether oxygens (including phenoxy) is 1. The first-order valence-electron chi connectivity index (χ1n) is 9.38. The Balaban J connectivity index is 0.00000320. The van der Waals surface area contributed by atoms with Crippen LogP contribution in [-0.4, -0.2) is 39.4 Å². The summed E-state index contributed by atoms with van der Waals surface area (Å²) < 4.78 is 36.4. The number of piperidine rings is 1. The van der Waals surface area contributed by atoms with Crippen LogP contribution in [0.25, 0.3) is 0 Å². The van der Waals surface area contributed by atoms with Gasteiger partial charge in [0.25, 0.3) is 0 Å². The number of nitrogens with two attached hydrogens (primary N) is 2. The molecule has 0 amide bonds. The molecule has 0 spiro atoms. The monoisotopic (exact) mass is 454 g/mol. The van der Waals surface area contributed by atoms with E-state index in [1.54, 1.807) is 30.6 Å². The van der Waals surface area contributed by atoms with Gasteiger partial charge in [0.05, 0.1) is 12.3 Å². The number of para-hydroxylation sites is 1. The molecular weight excluding hydrogens is 428 g/mol. The van der Waals surface area contributed by atoms with Gasteiger partial charge in [-0.1, -0.05) is 12.1 Å². The molecule has 10 heteroatoms. The van der Waals surface area contributed by atoms with E-state index in [1.165, 1.54) is 12.1 Å². The maximum Gasteiger partial charge on any atom is 0.341 e. The van der Waals surface area contributed by atoms with Crippen molar-refractivity contribution in [3.63, 3.8) is 0 Å². The van der Waals surface area contributed by atoms with Crippen molar-refractivity contribution in [1.29, 1.82) is 0 Å². The lowest BCUT2D eigenvalue weighted by atomic mass is 9.98. The first-order chi connectivity index (χ1) is 13.9. The second-order valence-electron chi connectivity index (χ2n) is 7.11. The van der Waals surface area contributed by atoms with Gasteiger partial charge in [0.15, 0.2) is 0 Å². The van der Waals surface area contributed by atoms with Crippen molar-refractivity contribution in [2.24, 2.45) is 16.9 Å². The van der Waals surface area contributed by atoms with E-state index in [1.807, 2.05) is 13.0 Å². The number of halogens is 1. The predicted molar refractivity (Wildman–Crippen MR) is 120 cm³/mol. The van der Waals surface area contributed by atoms with E-state index in [-0.39, 0.29) is 28.7 Å². The molecule has 0 saturated carbocycles. The summed E-state index contributed by atoms with van der Waals surface area (Å²) in [5, 5.41) is 3.55. The normalized spacial score (nSPS) is 15.0. The Kier molecular flexibility index (Phi) is 8.19. The Morgan fingerprint density at radius 1 is 1.17 bits per heavy atom. The maximum atomic E-state index is 12.6. The van der Waals surface area contributed by atoms with Gasteiger partial charge in [0.2, 0.25) is 0 Å². The van der Waals surface area contributed by atoms with Gasteiger partial charge in [-0.15, -0.1) is 12.4 Å². The van der Waals surface area contributed by atoms with Crippen molar-refractivity contribution in [2.75, 3.05) is 25.4 Å². The van der Waals surface area contributed by atoms with Gasteiger partial charge in [-0.05, 0) is 55.5 Å². The number of anilines is 1. The van der Waals surface area contributed by atoms with Gasteiger partial charge < -0.3 is 25.4 Å². The first kappa shape index (κ1) is 23.6.